The largest absolute Gasteiger partial charge is 0.385 e. The van der Waals surface area contributed by atoms with Gasteiger partial charge in [0.25, 0.3) is 0 Å². The van der Waals surface area contributed by atoms with Gasteiger partial charge in [0, 0.05) is 33.2 Å². The Kier molecular flexibility index (Phi) is 5.56. The molecule has 0 N–H and O–H groups in total. The monoisotopic (exact) mass is 245 g/mol. The van der Waals surface area contributed by atoms with Crippen molar-refractivity contribution in [1.82, 2.24) is 0 Å². The Bertz CT molecular complexity index is 333. The van der Waals surface area contributed by atoms with Gasteiger partial charge in [-0.2, -0.15) is 0 Å². The highest BCUT2D eigenvalue weighted by atomic mass is 35.5. The van der Waals surface area contributed by atoms with Gasteiger partial charge in [0.1, 0.15) is 5.82 Å². The van der Waals surface area contributed by atoms with Gasteiger partial charge in [-0.15, -0.1) is 11.6 Å². The second-order valence-corrected chi connectivity index (χ2v) is 3.95. The van der Waals surface area contributed by atoms with Crippen molar-refractivity contribution in [1.29, 1.82) is 0 Å². The molecule has 0 atom stereocenters. The summed E-state index contributed by atoms with van der Waals surface area (Å²) in [4.78, 5) is 1.88. The molecule has 0 saturated heterocycles. The molecule has 2 nitrogen and oxygen atoms in total. The van der Waals surface area contributed by atoms with Gasteiger partial charge in [-0.3, -0.25) is 0 Å². The second-order valence-electron chi connectivity index (χ2n) is 3.69. The van der Waals surface area contributed by atoms with E-state index >= 15 is 0 Å². The molecule has 0 aromatic heterocycles. The summed E-state index contributed by atoms with van der Waals surface area (Å²) in [6.45, 7) is 1.46. The first-order valence-electron chi connectivity index (χ1n) is 5.23. The van der Waals surface area contributed by atoms with E-state index in [9.17, 15) is 4.39 Å². The normalized spacial score (nSPS) is 10.5. The molecular weight excluding hydrogens is 229 g/mol. The van der Waals surface area contributed by atoms with Crippen molar-refractivity contribution in [3.05, 3.63) is 29.6 Å². The molecule has 0 unspecified atom stereocenters. The lowest BCUT2D eigenvalue weighted by atomic mass is 10.2. The molecule has 4 heteroatoms. The van der Waals surface area contributed by atoms with Crippen molar-refractivity contribution in [2.24, 2.45) is 0 Å². The number of anilines is 1. The molecule has 0 bridgehead atoms. The molecule has 0 fully saturated rings. The average Bonchev–Trinajstić information content (AvgIpc) is 2.29. The maximum absolute atomic E-state index is 13.7. The molecule has 16 heavy (non-hydrogen) atoms. The number of hydrogen-bond acceptors (Lipinski definition) is 2. The lowest BCUT2D eigenvalue weighted by Gasteiger charge is -2.20. The van der Waals surface area contributed by atoms with Crippen LogP contribution >= 0.6 is 11.6 Å². The minimum absolute atomic E-state index is 0.224. The molecule has 1 rings (SSSR count). The zero-order valence-electron chi connectivity index (χ0n) is 9.67. The Morgan fingerprint density at radius 2 is 2.19 bits per heavy atom. The molecule has 1 aromatic rings. The van der Waals surface area contributed by atoms with Crippen LogP contribution < -0.4 is 4.90 Å². The van der Waals surface area contributed by atoms with Gasteiger partial charge in [0.15, 0.2) is 0 Å². The molecule has 0 radical (unpaired) electrons. The maximum Gasteiger partial charge on any atom is 0.146 e. The van der Waals surface area contributed by atoms with Crippen LogP contribution in [0.3, 0.4) is 0 Å². The number of halogens is 2. The summed E-state index contributed by atoms with van der Waals surface area (Å²) in [5.41, 5.74) is 1.40. The molecular formula is C12H17ClFNO. The van der Waals surface area contributed by atoms with Crippen LogP contribution in [-0.2, 0) is 10.6 Å². The first-order chi connectivity index (χ1) is 7.69. The first-order valence-corrected chi connectivity index (χ1v) is 5.77. The van der Waals surface area contributed by atoms with Gasteiger partial charge in [-0.05, 0) is 24.1 Å². The Hall–Kier alpha value is -0.800. The number of ether oxygens (including phenoxy) is 1. The number of hydrogen-bond donors (Lipinski definition) is 0. The summed E-state index contributed by atoms with van der Waals surface area (Å²) in [6.07, 6.45) is 0.879. The predicted octanol–water partition coefficient (Wildman–Crippen LogP) is 3.04. The summed E-state index contributed by atoms with van der Waals surface area (Å²) in [7, 11) is 3.53. The lowest BCUT2D eigenvalue weighted by Crippen LogP contribution is -2.20. The summed E-state index contributed by atoms with van der Waals surface area (Å²) in [5.74, 6) is 0.114. The van der Waals surface area contributed by atoms with Crippen LogP contribution in [0.2, 0.25) is 0 Å². The molecule has 1 aromatic carbocycles. The van der Waals surface area contributed by atoms with E-state index in [0.717, 1.165) is 18.5 Å². The van der Waals surface area contributed by atoms with E-state index in [-0.39, 0.29) is 5.82 Å². The number of benzene rings is 1. The molecule has 0 saturated carbocycles. The Labute approximate surface area is 101 Å². The van der Waals surface area contributed by atoms with E-state index in [1.54, 1.807) is 13.2 Å². The van der Waals surface area contributed by atoms with Crippen LogP contribution in [0.1, 0.15) is 12.0 Å². The predicted molar refractivity (Wildman–Crippen MR) is 65.7 cm³/mol. The standard InChI is InChI=1S/C12H17ClFNO/c1-15(6-3-7-16-2)12-5-4-10(9-13)8-11(12)14/h4-5,8H,3,6-7,9H2,1-2H3. The zero-order valence-corrected chi connectivity index (χ0v) is 10.4. The van der Waals surface area contributed by atoms with Crippen LogP contribution in [0.15, 0.2) is 18.2 Å². The third-order valence-corrected chi connectivity index (χ3v) is 2.73. The molecule has 0 spiro atoms. The van der Waals surface area contributed by atoms with Crippen molar-refractivity contribution in [3.63, 3.8) is 0 Å². The van der Waals surface area contributed by atoms with Crippen LogP contribution in [0.5, 0.6) is 0 Å². The molecule has 90 valence electrons. The second kappa shape index (κ2) is 6.71. The van der Waals surface area contributed by atoms with Crippen molar-refractivity contribution in [2.75, 3.05) is 32.2 Å². The number of alkyl halides is 1. The van der Waals surface area contributed by atoms with E-state index in [0.29, 0.717) is 18.2 Å². The van der Waals surface area contributed by atoms with Crippen LogP contribution in [0, 0.1) is 5.82 Å². The fourth-order valence-electron chi connectivity index (χ4n) is 1.51. The fraction of sp³-hybridized carbons (Fsp3) is 0.500. The highest BCUT2D eigenvalue weighted by molar-refractivity contribution is 6.17. The molecule has 0 aliphatic carbocycles. The maximum atomic E-state index is 13.7. The Balaban J connectivity index is 2.64. The minimum atomic E-state index is -0.224. The van der Waals surface area contributed by atoms with Crippen molar-refractivity contribution in [2.45, 2.75) is 12.3 Å². The molecule has 0 aliphatic heterocycles. The molecule has 0 aliphatic rings. The smallest absolute Gasteiger partial charge is 0.146 e. The summed E-state index contributed by atoms with van der Waals surface area (Å²) in [5, 5.41) is 0. The summed E-state index contributed by atoms with van der Waals surface area (Å²) in [6, 6.07) is 5.09. The average molecular weight is 246 g/mol. The lowest BCUT2D eigenvalue weighted by molar-refractivity contribution is 0.196. The Morgan fingerprint density at radius 3 is 2.75 bits per heavy atom. The summed E-state index contributed by atoms with van der Waals surface area (Å²) < 4.78 is 18.6. The van der Waals surface area contributed by atoms with Gasteiger partial charge in [-0.1, -0.05) is 6.07 Å². The zero-order chi connectivity index (χ0) is 12.0. The van der Waals surface area contributed by atoms with Crippen molar-refractivity contribution >= 4 is 17.3 Å². The number of methoxy groups -OCH3 is 1. The Morgan fingerprint density at radius 1 is 1.44 bits per heavy atom. The fourth-order valence-corrected chi connectivity index (χ4v) is 1.68. The number of rotatable bonds is 6. The van der Waals surface area contributed by atoms with E-state index in [2.05, 4.69) is 0 Å². The molecule has 0 heterocycles. The van der Waals surface area contributed by atoms with E-state index < -0.39 is 0 Å². The van der Waals surface area contributed by atoms with Gasteiger partial charge in [-0.25, -0.2) is 4.39 Å². The molecule has 0 amide bonds. The quantitative estimate of drug-likeness (QED) is 0.564. The summed E-state index contributed by atoms with van der Waals surface area (Å²) >= 11 is 5.64. The number of nitrogens with zero attached hydrogens (tertiary/aromatic N) is 1. The van der Waals surface area contributed by atoms with Crippen molar-refractivity contribution in [3.8, 4) is 0 Å². The van der Waals surface area contributed by atoms with Gasteiger partial charge in [0.05, 0.1) is 5.69 Å². The third-order valence-electron chi connectivity index (χ3n) is 2.42. The van der Waals surface area contributed by atoms with Gasteiger partial charge >= 0.3 is 0 Å². The first kappa shape index (κ1) is 13.3. The minimum Gasteiger partial charge on any atom is -0.385 e. The van der Waals surface area contributed by atoms with E-state index in [4.69, 9.17) is 16.3 Å². The van der Waals surface area contributed by atoms with Gasteiger partial charge < -0.3 is 9.64 Å². The topological polar surface area (TPSA) is 12.5 Å². The van der Waals surface area contributed by atoms with Crippen LogP contribution in [0.4, 0.5) is 10.1 Å². The SMILES string of the molecule is COCCCN(C)c1ccc(CCl)cc1F. The highest BCUT2D eigenvalue weighted by Crippen LogP contribution is 2.20. The van der Waals surface area contributed by atoms with E-state index in [1.165, 1.54) is 6.07 Å². The van der Waals surface area contributed by atoms with Gasteiger partial charge in [0.2, 0.25) is 0 Å². The van der Waals surface area contributed by atoms with Crippen LogP contribution in [-0.4, -0.2) is 27.3 Å². The highest BCUT2D eigenvalue weighted by Gasteiger charge is 2.07. The van der Waals surface area contributed by atoms with Crippen LogP contribution in [0.25, 0.3) is 0 Å². The third kappa shape index (κ3) is 3.65. The van der Waals surface area contributed by atoms with E-state index in [1.807, 2.05) is 18.0 Å². The van der Waals surface area contributed by atoms with Crippen molar-refractivity contribution < 1.29 is 9.13 Å².